The van der Waals surface area contributed by atoms with Gasteiger partial charge in [-0.25, -0.2) is 4.98 Å². The van der Waals surface area contributed by atoms with Gasteiger partial charge in [-0.05, 0) is 25.7 Å². The number of rotatable bonds is 5. The van der Waals surface area contributed by atoms with Crippen LogP contribution in [-0.4, -0.2) is 17.6 Å². The molecule has 15 heavy (non-hydrogen) atoms. The molecule has 1 heterocycles. The van der Waals surface area contributed by atoms with Gasteiger partial charge >= 0.3 is 0 Å². The molecule has 0 spiro atoms. The van der Waals surface area contributed by atoms with Gasteiger partial charge in [-0.3, -0.25) is 0 Å². The summed E-state index contributed by atoms with van der Waals surface area (Å²) in [5, 5.41) is 6.93. The number of hydrogen-bond acceptors (Lipinski definition) is 3. The molecule has 1 aromatic heterocycles. The van der Waals surface area contributed by atoms with Crippen LogP contribution in [-0.2, 0) is 6.42 Å². The smallest absolute Gasteiger partial charge is 0.0937 e. The molecule has 1 N–H and O–H groups in total. The molecule has 1 atom stereocenters. The van der Waals surface area contributed by atoms with Crippen molar-refractivity contribution >= 4 is 11.3 Å². The van der Waals surface area contributed by atoms with Crippen LogP contribution in [0.25, 0.3) is 0 Å². The molecule has 0 aliphatic heterocycles. The van der Waals surface area contributed by atoms with Crippen molar-refractivity contribution in [3.63, 3.8) is 0 Å². The third-order valence-corrected chi connectivity index (χ3v) is 4.23. The molecule has 2 rings (SSSR count). The Kier molecular flexibility index (Phi) is 4.15. The lowest BCUT2D eigenvalue weighted by Gasteiger charge is -2.19. The second-order valence-corrected chi connectivity index (χ2v) is 5.44. The molecule has 0 bridgehead atoms. The zero-order chi connectivity index (χ0) is 10.5. The van der Waals surface area contributed by atoms with Gasteiger partial charge < -0.3 is 5.32 Å². The van der Waals surface area contributed by atoms with Gasteiger partial charge in [0.05, 0.1) is 5.01 Å². The van der Waals surface area contributed by atoms with Crippen molar-refractivity contribution in [1.82, 2.24) is 10.3 Å². The molecule has 2 nitrogen and oxygen atoms in total. The fourth-order valence-electron chi connectivity index (χ4n) is 2.41. The van der Waals surface area contributed by atoms with Gasteiger partial charge in [0.1, 0.15) is 0 Å². The van der Waals surface area contributed by atoms with Crippen molar-refractivity contribution in [2.75, 3.05) is 6.54 Å². The van der Waals surface area contributed by atoms with Gasteiger partial charge in [-0.2, -0.15) is 0 Å². The van der Waals surface area contributed by atoms with Crippen LogP contribution in [0.15, 0.2) is 11.6 Å². The molecule has 1 saturated carbocycles. The first-order valence-corrected chi connectivity index (χ1v) is 6.86. The Morgan fingerprint density at radius 1 is 1.53 bits per heavy atom. The van der Waals surface area contributed by atoms with Crippen LogP contribution in [0.3, 0.4) is 0 Å². The minimum atomic E-state index is 0.687. The average Bonchev–Trinajstić information content (AvgIpc) is 2.90. The highest BCUT2D eigenvalue weighted by atomic mass is 32.1. The molecule has 1 unspecified atom stereocenters. The number of thiazole rings is 1. The van der Waals surface area contributed by atoms with Gasteiger partial charge in [0, 0.05) is 30.6 Å². The zero-order valence-electron chi connectivity index (χ0n) is 9.41. The molecular weight excluding hydrogens is 204 g/mol. The predicted molar refractivity (Wildman–Crippen MR) is 65.2 cm³/mol. The molecule has 0 aromatic carbocycles. The van der Waals surface area contributed by atoms with E-state index < -0.39 is 0 Å². The summed E-state index contributed by atoms with van der Waals surface area (Å²) in [6.45, 7) is 3.41. The standard InChI is InChI=1S/C12H20N2S/c1-10(11-4-2-3-5-11)13-7-6-12-14-8-9-15-12/h8-11,13H,2-7H2,1H3. The van der Waals surface area contributed by atoms with Crippen molar-refractivity contribution in [3.8, 4) is 0 Å². The van der Waals surface area contributed by atoms with Crippen molar-refractivity contribution in [3.05, 3.63) is 16.6 Å². The van der Waals surface area contributed by atoms with Gasteiger partial charge in [-0.1, -0.05) is 12.8 Å². The molecule has 1 aliphatic carbocycles. The van der Waals surface area contributed by atoms with E-state index in [0.29, 0.717) is 6.04 Å². The predicted octanol–water partition coefficient (Wildman–Crippen LogP) is 2.85. The number of nitrogens with zero attached hydrogens (tertiary/aromatic N) is 1. The first kappa shape index (κ1) is 11.1. The molecule has 0 amide bonds. The zero-order valence-corrected chi connectivity index (χ0v) is 10.2. The largest absolute Gasteiger partial charge is 0.314 e. The fraction of sp³-hybridized carbons (Fsp3) is 0.750. The lowest BCUT2D eigenvalue weighted by atomic mass is 10.00. The Hall–Kier alpha value is -0.410. The first-order valence-electron chi connectivity index (χ1n) is 5.98. The first-order chi connectivity index (χ1) is 7.36. The maximum absolute atomic E-state index is 4.29. The van der Waals surface area contributed by atoms with Gasteiger partial charge in [0.15, 0.2) is 0 Å². The number of aromatic nitrogens is 1. The highest BCUT2D eigenvalue weighted by Crippen LogP contribution is 2.27. The molecule has 0 radical (unpaired) electrons. The summed E-state index contributed by atoms with van der Waals surface area (Å²) in [4.78, 5) is 4.29. The minimum absolute atomic E-state index is 0.687. The highest BCUT2D eigenvalue weighted by Gasteiger charge is 2.20. The second-order valence-electron chi connectivity index (χ2n) is 4.46. The Bertz CT molecular complexity index is 265. The van der Waals surface area contributed by atoms with Crippen LogP contribution in [0.1, 0.15) is 37.6 Å². The molecule has 3 heteroatoms. The lowest BCUT2D eigenvalue weighted by Crippen LogP contribution is -2.33. The van der Waals surface area contributed by atoms with E-state index >= 15 is 0 Å². The highest BCUT2D eigenvalue weighted by molar-refractivity contribution is 7.09. The summed E-state index contributed by atoms with van der Waals surface area (Å²) in [6, 6.07) is 0.687. The van der Waals surface area contributed by atoms with E-state index in [1.54, 1.807) is 11.3 Å². The van der Waals surface area contributed by atoms with Crippen molar-refractivity contribution in [2.24, 2.45) is 5.92 Å². The van der Waals surface area contributed by atoms with E-state index in [2.05, 4.69) is 22.6 Å². The van der Waals surface area contributed by atoms with Crippen LogP contribution in [0, 0.1) is 5.92 Å². The summed E-state index contributed by atoms with van der Waals surface area (Å²) in [6.07, 6.45) is 8.68. The van der Waals surface area contributed by atoms with E-state index in [4.69, 9.17) is 0 Å². The topological polar surface area (TPSA) is 24.9 Å². The lowest BCUT2D eigenvalue weighted by molar-refractivity contribution is 0.384. The summed E-state index contributed by atoms with van der Waals surface area (Å²) in [7, 11) is 0. The van der Waals surface area contributed by atoms with E-state index in [9.17, 15) is 0 Å². The monoisotopic (exact) mass is 224 g/mol. The molecule has 1 aromatic rings. The molecule has 1 aliphatic rings. The van der Waals surface area contributed by atoms with E-state index in [-0.39, 0.29) is 0 Å². The van der Waals surface area contributed by atoms with E-state index in [1.165, 1.54) is 30.7 Å². The third-order valence-electron chi connectivity index (χ3n) is 3.40. The molecule has 0 saturated heterocycles. The van der Waals surface area contributed by atoms with Crippen LogP contribution in [0.4, 0.5) is 0 Å². The van der Waals surface area contributed by atoms with Crippen LogP contribution < -0.4 is 5.32 Å². The maximum Gasteiger partial charge on any atom is 0.0937 e. The minimum Gasteiger partial charge on any atom is -0.314 e. The van der Waals surface area contributed by atoms with Gasteiger partial charge in [0.2, 0.25) is 0 Å². The van der Waals surface area contributed by atoms with Crippen molar-refractivity contribution in [1.29, 1.82) is 0 Å². The van der Waals surface area contributed by atoms with Gasteiger partial charge in [-0.15, -0.1) is 11.3 Å². The molecule has 84 valence electrons. The van der Waals surface area contributed by atoms with Gasteiger partial charge in [0.25, 0.3) is 0 Å². The third kappa shape index (κ3) is 3.28. The van der Waals surface area contributed by atoms with Crippen molar-refractivity contribution < 1.29 is 0 Å². The second kappa shape index (κ2) is 5.61. The number of hydrogen-bond donors (Lipinski definition) is 1. The SMILES string of the molecule is CC(NCCc1nccs1)C1CCCC1. The van der Waals surface area contributed by atoms with E-state index in [1.807, 2.05) is 6.20 Å². The Morgan fingerprint density at radius 2 is 2.33 bits per heavy atom. The number of nitrogens with one attached hydrogen (secondary N) is 1. The quantitative estimate of drug-likeness (QED) is 0.832. The maximum atomic E-state index is 4.29. The Morgan fingerprint density at radius 3 is 3.00 bits per heavy atom. The summed E-state index contributed by atoms with van der Waals surface area (Å²) >= 11 is 1.76. The van der Waals surface area contributed by atoms with Crippen LogP contribution in [0.2, 0.25) is 0 Å². The summed E-state index contributed by atoms with van der Waals surface area (Å²) in [5.74, 6) is 0.918. The summed E-state index contributed by atoms with van der Waals surface area (Å²) < 4.78 is 0. The van der Waals surface area contributed by atoms with Crippen LogP contribution >= 0.6 is 11.3 Å². The normalized spacial score (nSPS) is 19.5. The van der Waals surface area contributed by atoms with E-state index in [0.717, 1.165) is 18.9 Å². The van der Waals surface area contributed by atoms with Crippen molar-refractivity contribution in [2.45, 2.75) is 45.1 Å². The molecular formula is C12H20N2S. The van der Waals surface area contributed by atoms with Crippen LogP contribution in [0.5, 0.6) is 0 Å². The Balaban J connectivity index is 1.64. The fourth-order valence-corrected chi connectivity index (χ4v) is 3.03. The summed E-state index contributed by atoms with van der Waals surface area (Å²) in [5.41, 5.74) is 0. The average molecular weight is 224 g/mol. The Labute approximate surface area is 96.1 Å². The molecule has 1 fully saturated rings.